The van der Waals surface area contributed by atoms with Crippen LogP contribution < -0.4 is 10.5 Å². The average Bonchev–Trinajstić information content (AvgIpc) is 3.04. The van der Waals surface area contributed by atoms with E-state index in [0.29, 0.717) is 17.5 Å². The van der Waals surface area contributed by atoms with Gasteiger partial charge in [0.1, 0.15) is 11.8 Å². The summed E-state index contributed by atoms with van der Waals surface area (Å²) in [5, 5.41) is 4.00. The summed E-state index contributed by atoms with van der Waals surface area (Å²) in [6.07, 6.45) is 0. The average molecular weight is 281 g/mol. The van der Waals surface area contributed by atoms with Crippen LogP contribution in [0, 0.1) is 0 Å². The molecule has 2 N–H and O–H groups in total. The SMILES string of the molecule is COc1ccccc1-c1noc(C(N)c2ccccc2)n1. The van der Waals surface area contributed by atoms with Gasteiger partial charge in [0.25, 0.3) is 0 Å². The molecular formula is C16H15N3O2. The zero-order valence-electron chi connectivity index (χ0n) is 11.6. The fraction of sp³-hybridized carbons (Fsp3) is 0.125. The first kappa shape index (κ1) is 13.3. The number of hydrogen-bond donors (Lipinski definition) is 1. The van der Waals surface area contributed by atoms with E-state index in [9.17, 15) is 0 Å². The zero-order chi connectivity index (χ0) is 14.7. The Kier molecular flexibility index (Phi) is 3.66. The van der Waals surface area contributed by atoms with Crippen LogP contribution in [0.25, 0.3) is 11.4 Å². The van der Waals surface area contributed by atoms with E-state index in [2.05, 4.69) is 10.1 Å². The summed E-state index contributed by atoms with van der Waals surface area (Å²) in [6.45, 7) is 0. The van der Waals surface area contributed by atoms with Gasteiger partial charge in [0.2, 0.25) is 11.7 Å². The lowest BCUT2D eigenvalue weighted by Gasteiger charge is -2.06. The fourth-order valence-corrected chi connectivity index (χ4v) is 2.10. The molecular weight excluding hydrogens is 266 g/mol. The highest BCUT2D eigenvalue weighted by Crippen LogP contribution is 2.28. The number of rotatable bonds is 4. The van der Waals surface area contributed by atoms with Gasteiger partial charge in [0.05, 0.1) is 12.7 Å². The monoisotopic (exact) mass is 281 g/mol. The second-order valence-electron chi connectivity index (χ2n) is 4.54. The minimum absolute atomic E-state index is 0.377. The number of hydrogen-bond acceptors (Lipinski definition) is 5. The van der Waals surface area contributed by atoms with E-state index in [-0.39, 0.29) is 0 Å². The van der Waals surface area contributed by atoms with Crippen LogP contribution in [0.4, 0.5) is 0 Å². The lowest BCUT2D eigenvalue weighted by Crippen LogP contribution is -2.11. The number of nitrogens with zero attached hydrogens (tertiary/aromatic N) is 2. The summed E-state index contributed by atoms with van der Waals surface area (Å²) >= 11 is 0. The van der Waals surface area contributed by atoms with E-state index in [0.717, 1.165) is 11.1 Å². The van der Waals surface area contributed by atoms with Crippen LogP contribution in [0.2, 0.25) is 0 Å². The molecule has 0 radical (unpaired) electrons. The van der Waals surface area contributed by atoms with Crippen molar-refractivity contribution in [1.82, 2.24) is 10.1 Å². The lowest BCUT2D eigenvalue weighted by molar-refractivity contribution is 0.367. The number of benzene rings is 2. The van der Waals surface area contributed by atoms with E-state index in [1.165, 1.54) is 0 Å². The van der Waals surface area contributed by atoms with Crippen LogP contribution in [0.1, 0.15) is 17.5 Å². The molecule has 1 aromatic heterocycles. The molecule has 0 aliphatic carbocycles. The predicted octanol–water partition coefficient (Wildman–Crippen LogP) is 2.79. The lowest BCUT2D eigenvalue weighted by atomic mass is 10.1. The van der Waals surface area contributed by atoms with Gasteiger partial charge in [-0.25, -0.2) is 0 Å². The minimum atomic E-state index is -0.442. The molecule has 0 aliphatic heterocycles. The Morgan fingerprint density at radius 3 is 2.52 bits per heavy atom. The maximum Gasteiger partial charge on any atom is 0.248 e. The number of ether oxygens (including phenoxy) is 1. The molecule has 5 heteroatoms. The molecule has 0 amide bonds. The topological polar surface area (TPSA) is 74.2 Å². The third-order valence-electron chi connectivity index (χ3n) is 3.21. The van der Waals surface area contributed by atoms with E-state index in [1.54, 1.807) is 7.11 Å². The smallest absolute Gasteiger partial charge is 0.248 e. The van der Waals surface area contributed by atoms with Crippen LogP contribution in [-0.2, 0) is 0 Å². The summed E-state index contributed by atoms with van der Waals surface area (Å²) < 4.78 is 10.6. The quantitative estimate of drug-likeness (QED) is 0.796. The third kappa shape index (κ3) is 2.64. The van der Waals surface area contributed by atoms with Gasteiger partial charge in [-0.15, -0.1) is 0 Å². The summed E-state index contributed by atoms with van der Waals surface area (Å²) in [6, 6.07) is 16.7. The van der Waals surface area contributed by atoms with Gasteiger partial charge < -0.3 is 15.0 Å². The highest BCUT2D eigenvalue weighted by molar-refractivity contribution is 5.63. The molecule has 1 atom stereocenters. The second-order valence-corrected chi connectivity index (χ2v) is 4.54. The predicted molar refractivity (Wildman–Crippen MR) is 78.8 cm³/mol. The molecule has 21 heavy (non-hydrogen) atoms. The molecule has 106 valence electrons. The van der Waals surface area contributed by atoms with Crippen molar-refractivity contribution in [2.45, 2.75) is 6.04 Å². The Balaban J connectivity index is 1.93. The van der Waals surface area contributed by atoms with Crippen molar-refractivity contribution in [3.05, 3.63) is 66.1 Å². The van der Waals surface area contributed by atoms with Crippen LogP contribution in [0.5, 0.6) is 5.75 Å². The van der Waals surface area contributed by atoms with Gasteiger partial charge in [-0.1, -0.05) is 47.6 Å². The number of methoxy groups -OCH3 is 1. The molecule has 0 saturated heterocycles. The molecule has 3 aromatic rings. The van der Waals surface area contributed by atoms with Crippen LogP contribution in [0.15, 0.2) is 59.1 Å². The summed E-state index contributed by atoms with van der Waals surface area (Å²) in [4.78, 5) is 4.38. The Bertz CT molecular complexity index is 725. The van der Waals surface area contributed by atoms with Gasteiger partial charge >= 0.3 is 0 Å². The standard InChI is InChI=1S/C16H15N3O2/c1-20-13-10-6-5-9-12(13)15-18-16(21-19-15)14(17)11-7-3-2-4-8-11/h2-10,14H,17H2,1H3. The first-order valence-electron chi connectivity index (χ1n) is 6.57. The van der Waals surface area contributed by atoms with Crippen molar-refractivity contribution < 1.29 is 9.26 Å². The van der Waals surface area contributed by atoms with Crippen molar-refractivity contribution >= 4 is 0 Å². The molecule has 0 spiro atoms. The van der Waals surface area contributed by atoms with Gasteiger partial charge in [0.15, 0.2) is 0 Å². The number of nitrogens with two attached hydrogens (primary N) is 1. The molecule has 1 heterocycles. The molecule has 0 fully saturated rings. The van der Waals surface area contributed by atoms with E-state index in [1.807, 2.05) is 54.6 Å². The van der Waals surface area contributed by atoms with Crippen molar-refractivity contribution in [3.63, 3.8) is 0 Å². The van der Waals surface area contributed by atoms with Crippen molar-refractivity contribution in [1.29, 1.82) is 0 Å². The van der Waals surface area contributed by atoms with E-state index >= 15 is 0 Å². The molecule has 3 rings (SSSR count). The second kappa shape index (κ2) is 5.76. The van der Waals surface area contributed by atoms with Crippen molar-refractivity contribution in [2.75, 3.05) is 7.11 Å². The summed E-state index contributed by atoms with van der Waals surface area (Å²) in [7, 11) is 1.61. The number of aromatic nitrogens is 2. The third-order valence-corrected chi connectivity index (χ3v) is 3.21. The van der Waals surface area contributed by atoms with Crippen molar-refractivity contribution in [3.8, 4) is 17.1 Å². The molecule has 1 unspecified atom stereocenters. The normalized spacial score (nSPS) is 12.1. The van der Waals surface area contributed by atoms with Crippen LogP contribution in [-0.4, -0.2) is 17.3 Å². The maximum atomic E-state index is 6.15. The largest absolute Gasteiger partial charge is 0.496 e. The maximum absolute atomic E-state index is 6.15. The molecule has 2 aromatic carbocycles. The van der Waals surface area contributed by atoms with E-state index in [4.69, 9.17) is 15.0 Å². The fourth-order valence-electron chi connectivity index (χ4n) is 2.10. The van der Waals surface area contributed by atoms with Crippen molar-refractivity contribution in [2.24, 2.45) is 5.73 Å². The van der Waals surface area contributed by atoms with E-state index < -0.39 is 6.04 Å². The molecule has 0 saturated carbocycles. The Labute approximate surface area is 122 Å². The molecule has 5 nitrogen and oxygen atoms in total. The zero-order valence-corrected chi connectivity index (χ0v) is 11.6. The highest BCUT2D eigenvalue weighted by atomic mass is 16.5. The van der Waals surface area contributed by atoms with Gasteiger partial charge in [-0.2, -0.15) is 4.98 Å². The van der Waals surface area contributed by atoms with Gasteiger partial charge in [0, 0.05) is 0 Å². The summed E-state index contributed by atoms with van der Waals surface area (Å²) in [5.41, 5.74) is 7.85. The Morgan fingerprint density at radius 1 is 1.05 bits per heavy atom. The Morgan fingerprint density at radius 2 is 1.76 bits per heavy atom. The van der Waals surface area contributed by atoms with Gasteiger partial charge in [-0.3, -0.25) is 0 Å². The highest BCUT2D eigenvalue weighted by Gasteiger charge is 2.18. The van der Waals surface area contributed by atoms with Crippen LogP contribution >= 0.6 is 0 Å². The minimum Gasteiger partial charge on any atom is -0.496 e. The Hall–Kier alpha value is -2.66. The van der Waals surface area contributed by atoms with Crippen LogP contribution in [0.3, 0.4) is 0 Å². The molecule has 0 bridgehead atoms. The number of para-hydroxylation sites is 1. The summed E-state index contributed by atoms with van der Waals surface area (Å²) in [5.74, 6) is 1.54. The van der Waals surface area contributed by atoms with Gasteiger partial charge in [-0.05, 0) is 17.7 Å². The first-order valence-corrected chi connectivity index (χ1v) is 6.57. The first-order chi connectivity index (χ1) is 10.3. The molecule has 0 aliphatic rings.